The van der Waals surface area contributed by atoms with Crippen LogP contribution in [0.4, 0.5) is 0 Å². The van der Waals surface area contributed by atoms with Crippen LogP contribution < -0.4 is 5.32 Å². The zero-order valence-electron chi connectivity index (χ0n) is 10.8. The van der Waals surface area contributed by atoms with E-state index in [-0.39, 0.29) is 5.54 Å². The molecule has 1 N–H and O–H groups in total. The van der Waals surface area contributed by atoms with E-state index in [1.54, 1.807) is 0 Å². The first-order valence-corrected chi connectivity index (χ1v) is 7.96. The molecular formula is C13H24N2OS. The van der Waals surface area contributed by atoms with Crippen LogP contribution in [0.3, 0.4) is 0 Å². The van der Waals surface area contributed by atoms with Crippen molar-refractivity contribution >= 4 is 17.7 Å². The number of thioether (sulfide) groups is 1. The first-order valence-electron chi connectivity index (χ1n) is 6.80. The quantitative estimate of drug-likeness (QED) is 0.837. The van der Waals surface area contributed by atoms with Crippen molar-refractivity contribution in [2.45, 2.75) is 44.1 Å². The van der Waals surface area contributed by atoms with Crippen molar-refractivity contribution in [2.24, 2.45) is 0 Å². The number of amides is 1. The number of carbonyl (C=O) groups is 1. The number of nitrogens with zero attached hydrogens (tertiary/aromatic N) is 1. The van der Waals surface area contributed by atoms with Gasteiger partial charge in [0.2, 0.25) is 5.91 Å². The average Bonchev–Trinajstić information content (AvgIpc) is 2.41. The van der Waals surface area contributed by atoms with Gasteiger partial charge in [-0.05, 0) is 19.9 Å². The van der Waals surface area contributed by atoms with E-state index >= 15 is 0 Å². The smallest absolute Gasteiger partial charge is 0.224 e. The Hall–Kier alpha value is -0.220. The SMILES string of the molecule is CNC1(CC(=O)N2CCSCC2)CCCCC1. The number of carbonyl (C=O) groups excluding carboxylic acids is 1. The minimum absolute atomic E-state index is 0.0971. The molecule has 0 radical (unpaired) electrons. The minimum atomic E-state index is 0.0971. The summed E-state index contributed by atoms with van der Waals surface area (Å²) < 4.78 is 0. The van der Waals surface area contributed by atoms with E-state index in [4.69, 9.17) is 0 Å². The van der Waals surface area contributed by atoms with Crippen molar-refractivity contribution in [3.63, 3.8) is 0 Å². The highest BCUT2D eigenvalue weighted by Crippen LogP contribution is 2.31. The highest BCUT2D eigenvalue weighted by Gasteiger charge is 2.34. The molecule has 2 fully saturated rings. The lowest BCUT2D eigenvalue weighted by Crippen LogP contribution is -2.50. The Bertz CT molecular complexity index is 258. The lowest BCUT2D eigenvalue weighted by atomic mass is 9.79. The van der Waals surface area contributed by atoms with Crippen molar-refractivity contribution in [1.82, 2.24) is 10.2 Å². The monoisotopic (exact) mass is 256 g/mol. The molecule has 98 valence electrons. The van der Waals surface area contributed by atoms with E-state index in [2.05, 4.69) is 10.2 Å². The van der Waals surface area contributed by atoms with E-state index < -0.39 is 0 Å². The summed E-state index contributed by atoms with van der Waals surface area (Å²) in [5.74, 6) is 2.58. The molecule has 1 amide bonds. The molecule has 4 heteroatoms. The Balaban J connectivity index is 1.90. The third kappa shape index (κ3) is 3.38. The summed E-state index contributed by atoms with van der Waals surface area (Å²) in [6.07, 6.45) is 6.90. The Morgan fingerprint density at radius 1 is 1.24 bits per heavy atom. The molecule has 17 heavy (non-hydrogen) atoms. The Morgan fingerprint density at radius 3 is 2.47 bits per heavy atom. The van der Waals surface area contributed by atoms with Crippen LogP contribution in [0.1, 0.15) is 38.5 Å². The summed E-state index contributed by atoms with van der Waals surface area (Å²) >= 11 is 1.96. The zero-order chi connectivity index (χ0) is 12.1. The van der Waals surface area contributed by atoms with Crippen molar-refractivity contribution in [1.29, 1.82) is 0 Å². The van der Waals surface area contributed by atoms with E-state index in [9.17, 15) is 4.79 Å². The van der Waals surface area contributed by atoms with E-state index in [0.717, 1.165) is 37.4 Å². The standard InChI is InChI=1S/C13H24N2OS/c1-14-13(5-3-2-4-6-13)11-12(16)15-7-9-17-10-8-15/h14H,2-11H2,1H3. The molecule has 1 saturated carbocycles. The highest BCUT2D eigenvalue weighted by molar-refractivity contribution is 7.99. The fraction of sp³-hybridized carbons (Fsp3) is 0.923. The van der Waals surface area contributed by atoms with Gasteiger partial charge in [0.25, 0.3) is 0 Å². The van der Waals surface area contributed by atoms with Gasteiger partial charge in [-0.25, -0.2) is 0 Å². The van der Waals surface area contributed by atoms with Crippen LogP contribution in [0.5, 0.6) is 0 Å². The molecule has 2 aliphatic rings. The fourth-order valence-corrected chi connectivity index (χ4v) is 3.86. The summed E-state index contributed by atoms with van der Waals surface area (Å²) in [5.41, 5.74) is 0.0971. The van der Waals surface area contributed by atoms with E-state index in [1.165, 1.54) is 19.3 Å². The molecule has 0 atom stereocenters. The normalized spacial score (nSPS) is 24.6. The van der Waals surface area contributed by atoms with Crippen molar-refractivity contribution in [3.05, 3.63) is 0 Å². The van der Waals surface area contributed by atoms with Crippen molar-refractivity contribution in [3.8, 4) is 0 Å². The third-order valence-electron chi connectivity index (χ3n) is 4.19. The van der Waals surface area contributed by atoms with Gasteiger partial charge in [0.15, 0.2) is 0 Å². The molecule has 0 aromatic heterocycles. The molecule has 0 aromatic rings. The highest BCUT2D eigenvalue weighted by atomic mass is 32.2. The molecule has 1 heterocycles. The molecule has 3 nitrogen and oxygen atoms in total. The largest absolute Gasteiger partial charge is 0.341 e. The van der Waals surface area contributed by atoms with Gasteiger partial charge in [-0.3, -0.25) is 4.79 Å². The minimum Gasteiger partial charge on any atom is -0.341 e. The summed E-state index contributed by atoms with van der Waals surface area (Å²) in [4.78, 5) is 14.4. The molecule has 1 saturated heterocycles. The first kappa shape index (κ1) is 13.2. The maximum absolute atomic E-state index is 12.3. The van der Waals surface area contributed by atoms with E-state index in [0.29, 0.717) is 12.3 Å². The molecule has 0 aromatic carbocycles. The molecule has 1 aliphatic heterocycles. The third-order valence-corrected chi connectivity index (χ3v) is 5.14. The van der Waals surface area contributed by atoms with Crippen LogP contribution >= 0.6 is 11.8 Å². The topological polar surface area (TPSA) is 32.3 Å². The van der Waals surface area contributed by atoms with Crippen LogP contribution in [0.25, 0.3) is 0 Å². The summed E-state index contributed by atoms with van der Waals surface area (Å²) in [6.45, 7) is 1.90. The van der Waals surface area contributed by atoms with Crippen LogP contribution in [0, 0.1) is 0 Å². The van der Waals surface area contributed by atoms with Gasteiger partial charge in [-0.2, -0.15) is 11.8 Å². The molecule has 0 spiro atoms. The average molecular weight is 256 g/mol. The maximum atomic E-state index is 12.3. The van der Waals surface area contributed by atoms with Gasteiger partial charge in [-0.1, -0.05) is 19.3 Å². The number of hydrogen-bond acceptors (Lipinski definition) is 3. The van der Waals surface area contributed by atoms with Gasteiger partial charge in [0.05, 0.1) is 0 Å². The second-order valence-electron chi connectivity index (χ2n) is 5.26. The Morgan fingerprint density at radius 2 is 1.88 bits per heavy atom. The second-order valence-corrected chi connectivity index (χ2v) is 6.49. The lowest BCUT2D eigenvalue weighted by molar-refractivity contribution is -0.132. The Kier molecular flexibility index (Phi) is 4.74. The van der Waals surface area contributed by atoms with Crippen molar-refractivity contribution in [2.75, 3.05) is 31.6 Å². The molecular weight excluding hydrogens is 232 g/mol. The van der Waals surface area contributed by atoms with Gasteiger partial charge in [0, 0.05) is 36.6 Å². The van der Waals surface area contributed by atoms with Gasteiger partial charge < -0.3 is 10.2 Å². The van der Waals surface area contributed by atoms with Gasteiger partial charge in [-0.15, -0.1) is 0 Å². The predicted molar refractivity (Wildman–Crippen MR) is 73.4 cm³/mol. The number of nitrogens with one attached hydrogen (secondary N) is 1. The predicted octanol–water partition coefficient (Wildman–Crippen LogP) is 1.87. The van der Waals surface area contributed by atoms with Crippen LogP contribution in [0.15, 0.2) is 0 Å². The van der Waals surface area contributed by atoms with Crippen molar-refractivity contribution < 1.29 is 4.79 Å². The Labute approximate surface area is 109 Å². The zero-order valence-corrected chi connectivity index (χ0v) is 11.7. The molecule has 0 unspecified atom stereocenters. The van der Waals surface area contributed by atoms with E-state index in [1.807, 2.05) is 18.8 Å². The molecule has 2 rings (SSSR count). The van der Waals surface area contributed by atoms with Crippen LogP contribution in [-0.2, 0) is 4.79 Å². The lowest BCUT2D eigenvalue weighted by Gasteiger charge is -2.38. The first-order chi connectivity index (χ1) is 8.26. The second kappa shape index (κ2) is 6.10. The molecule has 0 bridgehead atoms. The number of rotatable bonds is 3. The van der Waals surface area contributed by atoms with Gasteiger partial charge in [0.1, 0.15) is 0 Å². The van der Waals surface area contributed by atoms with Crippen LogP contribution in [-0.4, -0.2) is 48.0 Å². The van der Waals surface area contributed by atoms with Crippen LogP contribution in [0.2, 0.25) is 0 Å². The molecule has 1 aliphatic carbocycles. The maximum Gasteiger partial charge on any atom is 0.224 e. The summed E-state index contributed by atoms with van der Waals surface area (Å²) in [6, 6.07) is 0. The fourth-order valence-electron chi connectivity index (χ4n) is 2.96. The summed E-state index contributed by atoms with van der Waals surface area (Å²) in [7, 11) is 2.02. The van der Waals surface area contributed by atoms with Gasteiger partial charge >= 0.3 is 0 Å². The summed E-state index contributed by atoms with van der Waals surface area (Å²) in [5, 5.41) is 3.43. The number of hydrogen-bond donors (Lipinski definition) is 1.